The molecule has 3 rings (SSSR count). The van der Waals surface area contributed by atoms with E-state index < -0.39 is 5.54 Å². The molecule has 0 atom stereocenters. The number of carbonyl (C=O) groups excluding carboxylic acids is 1. The first kappa shape index (κ1) is 15.7. The fourth-order valence-corrected chi connectivity index (χ4v) is 4.08. The molecule has 1 fully saturated rings. The van der Waals surface area contributed by atoms with Crippen LogP contribution < -0.4 is 11.1 Å². The lowest BCUT2D eigenvalue weighted by Crippen LogP contribution is -2.48. The molecule has 1 aromatic rings. The molecule has 0 radical (unpaired) electrons. The van der Waals surface area contributed by atoms with Gasteiger partial charge in [-0.05, 0) is 38.5 Å². The molecule has 0 bridgehead atoms. The number of aromatic nitrogens is 1. The fourth-order valence-electron chi connectivity index (χ4n) is 3.04. The first-order chi connectivity index (χ1) is 9.17. The summed E-state index contributed by atoms with van der Waals surface area (Å²) >= 11 is 1.64. The van der Waals surface area contributed by atoms with Crippen LogP contribution in [0.4, 0.5) is 5.13 Å². The molecule has 0 spiro atoms. The minimum absolute atomic E-state index is 0. The number of fused-ring (bicyclic) bond motifs is 1. The van der Waals surface area contributed by atoms with Crippen LogP contribution in [0.3, 0.4) is 0 Å². The van der Waals surface area contributed by atoms with E-state index in [0.29, 0.717) is 0 Å². The van der Waals surface area contributed by atoms with Gasteiger partial charge in [0.1, 0.15) is 0 Å². The van der Waals surface area contributed by atoms with Crippen LogP contribution in [-0.2, 0) is 17.6 Å². The number of nitrogens with one attached hydrogen (secondary N) is 1. The first-order valence-corrected chi connectivity index (χ1v) is 8.08. The molecule has 1 heterocycles. The minimum atomic E-state index is -0.664. The highest BCUT2D eigenvalue weighted by Gasteiger charge is 2.37. The van der Waals surface area contributed by atoms with Gasteiger partial charge in [-0.15, -0.1) is 23.7 Å². The van der Waals surface area contributed by atoms with Crippen LogP contribution in [-0.4, -0.2) is 16.4 Å². The molecule has 112 valence electrons. The van der Waals surface area contributed by atoms with Crippen LogP contribution in [0.25, 0.3) is 0 Å². The van der Waals surface area contributed by atoms with E-state index in [-0.39, 0.29) is 18.3 Å². The minimum Gasteiger partial charge on any atom is -0.317 e. The summed E-state index contributed by atoms with van der Waals surface area (Å²) in [5.74, 6) is -0.0473. The number of rotatable bonds is 2. The van der Waals surface area contributed by atoms with Crippen LogP contribution in [0.5, 0.6) is 0 Å². The summed E-state index contributed by atoms with van der Waals surface area (Å²) in [5.41, 5.74) is 6.69. The van der Waals surface area contributed by atoms with Crippen LogP contribution in [0.15, 0.2) is 0 Å². The Labute approximate surface area is 129 Å². The predicted octanol–water partition coefficient (Wildman–Crippen LogP) is 3.04. The number of halogens is 1. The van der Waals surface area contributed by atoms with Crippen molar-refractivity contribution < 1.29 is 4.79 Å². The molecule has 3 N–H and O–H groups in total. The van der Waals surface area contributed by atoms with Gasteiger partial charge in [-0.1, -0.05) is 19.3 Å². The molecule has 0 aromatic carbocycles. The van der Waals surface area contributed by atoms with Gasteiger partial charge in [0.15, 0.2) is 5.13 Å². The lowest BCUT2D eigenvalue weighted by molar-refractivity contribution is -0.121. The highest BCUT2D eigenvalue weighted by molar-refractivity contribution is 7.15. The quantitative estimate of drug-likeness (QED) is 0.824. The first-order valence-electron chi connectivity index (χ1n) is 7.26. The Hall–Kier alpha value is -0.650. The Morgan fingerprint density at radius 2 is 1.85 bits per heavy atom. The standard InChI is InChI=1S/C14H21N3OS.ClH/c15-14(8-4-5-9-14)12(18)17-13-16-10-6-2-1-3-7-11(10)19-13;/h1-9,15H2,(H,16,17,18);1H. The molecule has 0 saturated heterocycles. The molecule has 1 aromatic heterocycles. The Morgan fingerprint density at radius 3 is 2.60 bits per heavy atom. The number of carbonyl (C=O) groups is 1. The van der Waals surface area contributed by atoms with Gasteiger partial charge in [0.2, 0.25) is 5.91 Å². The van der Waals surface area contributed by atoms with Crippen molar-refractivity contribution in [1.82, 2.24) is 4.98 Å². The molecule has 2 aliphatic rings. The maximum absolute atomic E-state index is 12.2. The van der Waals surface area contributed by atoms with Gasteiger partial charge >= 0.3 is 0 Å². The molecule has 0 aliphatic heterocycles. The third-order valence-corrected chi connectivity index (χ3v) is 5.34. The molecule has 1 saturated carbocycles. The lowest BCUT2D eigenvalue weighted by atomic mass is 9.98. The number of thiazole rings is 1. The van der Waals surface area contributed by atoms with Crippen molar-refractivity contribution in [3.8, 4) is 0 Å². The van der Waals surface area contributed by atoms with Gasteiger partial charge in [-0.3, -0.25) is 4.79 Å². The van der Waals surface area contributed by atoms with E-state index >= 15 is 0 Å². The van der Waals surface area contributed by atoms with Crippen molar-refractivity contribution in [2.45, 2.75) is 63.3 Å². The zero-order valence-corrected chi connectivity index (χ0v) is 13.2. The Balaban J connectivity index is 0.00000147. The van der Waals surface area contributed by atoms with Gasteiger partial charge in [-0.2, -0.15) is 0 Å². The summed E-state index contributed by atoms with van der Waals surface area (Å²) < 4.78 is 0. The van der Waals surface area contributed by atoms with Crippen molar-refractivity contribution in [3.63, 3.8) is 0 Å². The summed E-state index contributed by atoms with van der Waals surface area (Å²) in [6.07, 6.45) is 9.60. The maximum Gasteiger partial charge on any atom is 0.246 e. The summed E-state index contributed by atoms with van der Waals surface area (Å²) in [7, 11) is 0. The zero-order chi connectivity index (χ0) is 13.3. The summed E-state index contributed by atoms with van der Waals surface area (Å²) in [4.78, 5) is 18.2. The second-order valence-electron chi connectivity index (χ2n) is 5.77. The second-order valence-corrected chi connectivity index (χ2v) is 6.85. The smallest absolute Gasteiger partial charge is 0.246 e. The molecular weight excluding hydrogens is 294 g/mol. The van der Waals surface area contributed by atoms with Gasteiger partial charge in [0.25, 0.3) is 0 Å². The monoisotopic (exact) mass is 315 g/mol. The van der Waals surface area contributed by atoms with Crippen molar-refractivity contribution in [2.24, 2.45) is 5.73 Å². The largest absolute Gasteiger partial charge is 0.317 e. The normalized spacial score (nSPS) is 20.6. The highest BCUT2D eigenvalue weighted by atomic mass is 35.5. The van der Waals surface area contributed by atoms with Crippen molar-refractivity contribution in [2.75, 3.05) is 5.32 Å². The predicted molar refractivity (Wildman–Crippen MR) is 84.6 cm³/mol. The molecule has 0 unspecified atom stereocenters. The number of anilines is 1. The number of aryl methyl sites for hydroxylation is 2. The summed E-state index contributed by atoms with van der Waals surface area (Å²) in [6, 6.07) is 0. The van der Waals surface area contributed by atoms with Gasteiger partial charge in [-0.25, -0.2) is 4.98 Å². The average Bonchev–Trinajstić information content (AvgIpc) is 2.92. The van der Waals surface area contributed by atoms with Gasteiger partial charge in [0, 0.05) is 4.88 Å². The molecule has 2 aliphatic carbocycles. The average molecular weight is 316 g/mol. The number of nitrogens with zero attached hydrogens (tertiary/aromatic N) is 1. The van der Waals surface area contributed by atoms with E-state index in [1.54, 1.807) is 11.3 Å². The van der Waals surface area contributed by atoms with E-state index in [2.05, 4.69) is 10.3 Å². The van der Waals surface area contributed by atoms with E-state index in [1.165, 1.54) is 29.8 Å². The number of hydrogen-bond acceptors (Lipinski definition) is 4. The van der Waals surface area contributed by atoms with Crippen molar-refractivity contribution in [3.05, 3.63) is 10.6 Å². The number of hydrogen-bond donors (Lipinski definition) is 2. The van der Waals surface area contributed by atoms with E-state index in [0.717, 1.165) is 43.7 Å². The molecule has 6 heteroatoms. The number of nitrogens with two attached hydrogens (primary N) is 1. The Morgan fingerprint density at radius 1 is 1.15 bits per heavy atom. The van der Waals surface area contributed by atoms with Crippen LogP contribution in [0.2, 0.25) is 0 Å². The number of amides is 1. The SMILES string of the molecule is Cl.NC1(C(=O)Nc2nc3c(s2)CCCCC3)CCCC1. The van der Waals surface area contributed by atoms with E-state index in [1.807, 2.05) is 0 Å². The molecule has 1 amide bonds. The Bertz CT molecular complexity index is 459. The van der Waals surface area contributed by atoms with Crippen molar-refractivity contribution in [1.29, 1.82) is 0 Å². The molecule has 20 heavy (non-hydrogen) atoms. The van der Waals surface area contributed by atoms with E-state index in [9.17, 15) is 4.79 Å². The summed E-state index contributed by atoms with van der Waals surface area (Å²) in [5, 5.41) is 3.69. The molecular formula is C14H22ClN3OS. The maximum atomic E-state index is 12.2. The Kier molecular flexibility index (Phi) is 5.04. The van der Waals surface area contributed by atoms with Crippen molar-refractivity contribution >= 4 is 34.8 Å². The lowest BCUT2D eigenvalue weighted by Gasteiger charge is -2.21. The summed E-state index contributed by atoms with van der Waals surface area (Å²) in [6.45, 7) is 0. The van der Waals surface area contributed by atoms with Gasteiger partial charge in [0.05, 0.1) is 11.2 Å². The third kappa shape index (κ3) is 3.15. The van der Waals surface area contributed by atoms with Gasteiger partial charge < -0.3 is 11.1 Å². The van der Waals surface area contributed by atoms with E-state index in [4.69, 9.17) is 5.73 Å². The van der Waals surface area contributed by atoms with Crippen LogP contribution in [0, 0.1) is 0 Å². The van der Waals surface area contributed by atoms with Crippen LogP contribution >= 0.6 is 23.7 Å². The third-order valence-electron chi connectivity index (χ3n) is 4.26. The van der Waals surface area contributed by atoms with Crippen LogP contribution in [0.1, 0.15) is 55.5 Å². The fraction of sp³-hybridized carbons (Fsp3) is 0.714. The second kappa shape index (κ2) is 6.41. The molecule has 4 nitrogen and oxygen atoms in total. The topological polar surface area (TPSA) is 68.0 Å². The zero-order valence-electron chi connectivity index (χ0n) is 11.6. The highest BCUT2D eigenvalue weighted by Crippen LogP contribution is 2.32.